The van der Waals surface area contributed by atoms with Crippen LogP contribution in [0, 0.1) is 0 Å². The molecule has 0 radical (unpaired) electrons. The lowest BCUT2D eigenvalue weighted by Gasteiger charge is -2.32. The van der Waals surface area contributed by atoms with Gasteiger partial charge in [0.25, 0.3) is 0 Å². The fourth-order valence-electron chi connectivity index (χ4n) is 3.61. The summed E-state index contributed by atoms with van der Waals surface area (Å²) in [6, 6.07) is 27.3. The average Bonchev–Trinajstić information content (AvgIpc) is 2.65. The van der Waals surface area contributed by atoms with E-state index in [1.807, 2.05) is 18.2 Å². The fourth-order valence-corrected chi connectivity index (χ4v) is 3.61. The molecule has 1 aliphatic heterocycles. The Morgan fingerprint density at radius 2 is 1.16 bits per heavy atom. The summed E-state index contributed by atoms with van der Waals surface area (Å²) >= 11 is 0. The average molecular weight is 326 g/mol. The first kappa shape index (κ1) is 14.4. The number of ether oxygens (including phenoxy) is 2. The first-order valence-electron chi connectivity index (χ1n) is 8.63. The maximum absolute atomic E-state index is 6.33. The molecule has 122 valence electrons. The van der Waals surface area contributed by atoms with E-state index in [0.29, 0.717) is 0 Å². The first-order chi connectivity index (χ1) is 12.3. The van der Waals surface area contributed by atoms with Crippen LogP contribution in [0.15, 0.2) is 78.9 Å². The SMILES string of the molecule is C[C@@H]1Oc2cc3cc4ccccc4cc3cc2O[C@H]1c1ccccc1. The highest BCUT2D eigenvalue weighted by atomic mass is 16.6. The molecule has 2 heteroatoms. The molecule has 0 aromatic heterocycles. The second kappa shape index (κ2) is 5.52. The molecule has 0 amide bonds. The summed E-state index contributed by atoms with van der Waals surface area (Å²) in [5.74, 6) is 1.64. The van der Waals surface area contributed by atoms with Gasteiger partial charge in [-0.2, -0.15) is 0 Å². The van der Waals surface area contributed by atoms with E-state index in [4.69, 9.17) is 9.47 Å². The molecule has 0 saturated heterocycles. The van der Waals surface area contributed by atoms with Crippen LogP contribution < -0.4 is 9.47 Å². The molecular formula is C23H18O2. The summed E-state index contributed by atoms with van der Waals surface area (Å²) in [4.78, 5) is 0. The van der Waals surface area contributed by atoms with Crippen LogP contribution in [0.25, 0.3) is 21.5 Å². The molecule has 2 atom stereocenters. The van der Waals surface area contributed by atoms with Gasteiger partial charge in [-0.15, -0.1) is 0 Å². The van der Waals surface area contributed by atoms with Crippen LogP contribution in [0.4, 0.5) is 0 Å². The van der Waals surface area contributed by atoms with E-state index < -0.39 is 0 Å². The molecule has 0 fully saturated rings. The Labute approximate surface area is 146 Å². The number of rotatable bonds is 1. The Kier molecular flexibility index (Phi) is 3.17. The first-order valence-corrected chi connectivity index (χ1v) is 8.63. The molecule has 4 aromatic carbocycles. The van der Waals surface area contributed by atoms with E-state index in [9.17, 15) is 0 Å². The van der Waals surface area contributed by atoms with Crippen molar-refractivity contribution in [3.63, 3.8) is 0 Å². The van der Waals surface area contributed by atoms with E-state index in [2.05, 4.69) is 67.6 Å². The van der Waals surface area contributed by atoms with E-state index >= 15 is 0 Å². The predicted octanol–water partition coefficient (Wildman–Crippen LogP) is 5.89. The zero-order chi connectivity index (χ0) is 16.8. The Morgan fingerprint density at radius 3 is 1.80 bits per heavy atom. The van der Waals surface area contributed by atoms with Crippen molar-refractivity contribution in [1.82, 2.24) is 0 Å². The van der Waals surface area contributed by atoms with E-state index in [-0.39, 0.29) is 12.2 Å². The minimum Gasteiger partial charge on any atom is -0.483 e. The van der Waals surface area contributed by atoms with E-state index in [1.165, 1.54) is 21.5 Å². The molecule has 1 aliphatic rings. The molecule has 0 aliphatic carbocycles. The quantitative estimate of drug-likeness (QED) is 0.406. The van der Waals surface area contributed by atoms with Crippen molar-refractivity contribution in [3.05, 3.63) is 84.4 Å². The molecule has 0 unspecified atom stereocenters. The number of hydrogen-bond donors (Lipinski definition) is 0. The Hall–Kier alpha value is -3.00. The summed E-state index contributed by atoms with van der Waals surface area (Å²) in [6.07, 6.45) is -0.126. The molecule has 0 spiro atoms. The molecule has 0 saturated carbocycles. The minimum atomic E-state index is -0.0911. The van der Waals surface area contributed by atoms with Crippen LogP contribution in [0.2, 0.25) is 0 Å². The number of fused-ring (bicyclic) bond motifs is 3. The van der Waals surface area contributed by atoms with Crippen LogP contribution in [0.5, 0.6) is 11.5 Å². The van der Waals surface area contributed by atoms with Crippen molar-refractivity contribution in [1.29, 1.82) is 0 Å². The van der Waals surface area contributed by atoms with Gasteiger partial charge in [-0.25, -0.2) is 0 Å². The van der Waals surface area contributed by atoms with Gasteiger partial charge in [-0.05, 0) is 58.3 Å². The maximum Gasteiger partial charge on any atom is 0.162 e. The van der Waals surface area contributed by atoms with Gasteiger partial charge in [0.1, 0.15) is 6.10 Å². The van der Waals surface area contributed by atoms with Gasteiger partial charge in [-0.3, -0.25) is 0 Å². The molecule has 1 heterocycles. The lowest BCUT2D eigenvalue weighted by Crippen LogP contribution is -2.30. The Morgan fingerprint density at radius 1 is 0.600 bits per heavy atom. The predicted molar refractivity (Wildman–Crippen MR) is 101 cm³/mol. The van der Waals surface area contributed by atoms with Gasteiger partial charge in [0.15, 0.2) is 17.6 Å². The summed E-state index contributed by atoms with van der Waals surface area (Å²) in [6.45, 7) is 2.06. The molecule has 0 N–H and O–H groups in total. The summed E-state index contributed by atoms with van der Waals surface area (Å²) < 4.78 is 12.5. The van der Waals surface area contributed by atoms with Crippen molar-refractivity contribution in [3.8, 4) is 11.5 Å². The molecule has 2 nitrogen and oxygen atoms in total. The number of hydrogen-bond acceptors (Lipinski definition) is 2. The zero-order valence-electron chi connectivity index (χ0n) is 14.0. The molecule has 25 heavy (non-hydrogen) atoms. The van der Waals surface area contributed by atoms with Crippen molar-refractivity contribution in [2.24, 2.45) is 0 Å². The topological polar surface area (TPSA) is 18.5 Å². The summed E-state index contributed by atoms with van der Waals surface area (Å²) in [7, 11) is 0. The van der Waals surface area contributed by atoms with E-state index in [1.54, 1.807) is 0 Å². The lowest BCUT2D eigenvalue weighted by molar-refractivity contribution is 0.0310. The van der Waals surface area contributed by atoms with Gasteiger partial charge in [0, 0.05) is 0 Å². The van der Waals surface area contributed by atoms with Crippen molar-refractivity contribution in [2.75, 3.05) is 0 Å². The fraction of sp³-hybridized carbons (Fsp3) is 0.130. The third-order valence-corrected chi connectivity index (χ3v) is 4.89. The van der Waals surface area contributed by atoms with Crippen LogP contribution in [-0.4, -0.2) is 6.10 Å². The second-order valence-corrected chi connectivity index (χ2v) is 6.62. The highest BCUT2D eigenvalue weighted by molar-refractivity contribution is 5.99. The summed E-state index contributed by atoms with van der Waals surface area (Å²) in [5, 5.41) is 4.82. The van der Waals surface area contributed by atoms with Crippen molar-refractivity contribution >= 4 is 21.5 Å². The molecule has 4 aromatic rings. The van der Waals surface area contributed by atoms with Gasteiger partial charge in [0.05, 0.1) is 0 Å². The van der Waals surface area contributed by atoms with Gasteiger partial charge >= 0.3 is 0 Å². The lowest BCUT2D eigenvalue weighted by atomic mass is 10.0. The van der Waals surface area contributed by atoms with Crippen LogP contribution in [0.3, 0.4) is 0 Å². The Balaban J connectivity index is 1.63. The Bertz CT molecular complexity index is 1070. The monoisotopic (exact) mass is 326 g/mol. The summed E-state index contributed by atoms with van der Waals surface area (Å²) in [5.41, 5.74) is 1.14. The third kappa shape index (κ3) is 2.42. The van der Waals surface area contributed by atoms with E-state index in [0.717, 1.165) is 17.1 Å². The minimum absolute atomic E-state index is 0.0344. The second-order valence-electron chi connectivity index (χ2n) is 6.62. The maximum atomic E-state index is 6.33. The standard InChI is InChI=1S/C23H18O2/c1-15-23(16-7-3-2-4-8-16)25-22-14-20-12-18-10-6-5-9-17(18)11-19(20)13-21(22)24-15/h2-15,23H,1H3/t15-,23+/m0/s1. The van der Waals surface area contributed by atoms with Gasteiger partial charge in [-0.1, -0.05) is 54.6 Å². The van der Waals surface area contributed by atoms with Crippen molar-refractivity contribution < 1.29 is 9.47 Å². The van der Waals surface area contributed by atoms with Crippen molar-refractivity contribution in [2.45, 2.75) is 19.1 Å². The van der Waals surface area contributed by atoms with Crippen LogP contribution in [-0.2, 0) is 0 Å². The molecule has 0 bridgehead atoms. The van der Waals surface area contributed by atoms with Gasteiger partial charge in [0.2, 0.25) is 0 Å². The largest absolute Gasteiger partial charge is 0.483 e. The van der Waals surface area contributed by atoms with Gasteiger partial charge < -0.3 is 9.47 Å². The molecular weight excluding hydrogens is 308 g/mol. The smallest absolute Gasteiger partial charge is 0.162 e. The molecule has 5 rings (SSSR count). The van der Waals surface area contributed by atoms with Crippen LogP contribution >= 0.6 is 0 Å². The number of benzene rings is 4. The van der Waals surface area contributed by atoms with Crippen LogP contribution in [0.1, 0.15) is 18.6 Å². The third-order valence-electron chi connectivity index (χ3n) is 4.89. The highest BCUT2D eigenvalue weighted by Crippen LogP contribution is 2.42. The normalized spacial score (nSPS) is 19.2. The zero-order valence-corrected chi connectivity index (χ0v) is 14.0. The highest BCUT2D eigenvalue weighted by Gasteiger charge is 2.29.